The van der Waals surface area contributed by atoms with Crippen LogP contribution in [0.3, 0.4) is 0 Å². The Labute approximate surface area is 118 Å². The summed E-state index contributed by atoms with van der Waals surface area (Å²) < 4.78 is 0. The Bertz CT molecular complexity index is 414. The average Bonchev–Trinajstić information content (AvgIpc) is 2.42. The van der Waals surface area contributed by atoms with Crippen LogP contribution in [0.5, 0.6) is 0 Å². The first-order valence-corrected chi connectivity index (χ1v) is 6.94. The van der Waals surface area contributed by atoms with Gasteiger partial charge in [0.2, 0.25) is 5.91 Å². The number of halogens is 1. The molecule has 1 saturated heterocycles. The van der Waals surface area contributed by atoms with Gasteiger partial charge >= 0.3 is 0 Å². The van der Waals surface area contributed by atoms with Crippen molar-refractivity contribution in [2.24, 2.45) is 5.92 Å². The number of nitrogens with one attached hydrogen (secondary N) is 1. The van der Waals surface area contributed by atoms with Crippen molar-refractivity contribution in [2.75, 3.05) is 31.6 Å². The molecule has 1 aliphatic heterocycles. The molecule has 1 aromatic rings. The standard InChI is InChI=1S/C14H19ClN2O2/c15-12-1-3-13(4-2-12)16-14(19)9-17-7-5-11(10-18)6-8-17/h1-4,11,18H,5-10H2,(H,16,19). The predicted octanol–water partition coefficient (Wildman–Crippen LogP) is 1.98. The second kappa shape index (κ2) is 6.89. The van der Waals surface area contributed by atoms with E-state index in [-0.39, 0.29) is 12.5 Å². The van der Waals surface area contributed by atoms with Gasteiger partial charge in [-0.2, -0.15) is 0 Å². The summed E-state index contributed by atoms with van der Waals surface area (Å²) in [7, 11) is 0. The van der Waals surface area contributed by atoms with Gasteiger partial charge in [0.25, 0.3) is 0 Å². The van der Waals surface area contributed by atoms with E-state index in [0.717, 1.165) is 31.6 Å². The molecule has 0 atom stereocenters. The van der Waals surface area contributed by atoms with E-state index in [9.17, 15) is 4.79 Å². The largest absolute Gasteiger partial charge is 0.396 e. The molecule has 1 amide bonds. The van der Waals surface area contributed by atoms with Crippen molar-refractivity contribution in [1.29, 1.82) is 0 Å². The van der Waals surface area contributed by atoms with E-state index < -0.39 is 0 Å². The molecule has 0 spiro atoms. The number of anilines is 1. The van der Waals surface area contributed by atoms with Crippen LogP contribution in [0, 0.1) is 5.92 Å². The Morgan fingerprint density at radius 1 is 1.32 bits per heavy atom. The van der Waals surface area contributed by atoms with Crippen LogP contribution >= 0.6 is 11.6 Å². The van der Waals surface area contributed by atoms with Gasteiger partial charge in [-0.15, -0.1) is 0 Å². The maximum absolute atomic E-state index is 11.9. The highest BCUT2D eigenvalue weighted by atomic mass is 35.5. The molecule has 0 aliphatic carbocycles. The molecule has 2 rings (SSSR count). The maximum atomic E-state index is 11.9. The SMILES string of the molecule is O=C(CN1CCC(CO)CC1)Nc1ccc(Cl)cc1. The molecule has 1 aromatic carbocycles. The number of likely N-dealkylation sites (tertiary alicyclic amines) is 1. The van der Waals surface area contributed by atoms with Gasteiger partial charge in [0, 0.05) is 17.3 Å². The molecule has 0 aromatic heterocycles. The van der Waals surface area contributed by atoms with Gasteiger partial charge in [-0.1, -0.05) is 11.6 Å². The fourth-order valence-electron chi connectivity index (χ4n) is 2.26. The Balaban J connectivity index is 1.77. The lowest BCUT2D eigenvalue weighted by Gasteiger charge is -2.30. The van der Waals surface area contributed by atoms with E-state index in [0.29, 0.717) is 17.5 Å². The third kappa shape index (κ3) is 4.49. The number of carbonyl (C=O) groups excluding carboxylic acids is 1. The van der Waals surface area contributed by atoms with Crippen molar-refractivity contribution in [2.45, 2.75) is 12.8 Å². The minimum atomic E-state index is -0.00947. The summed E-state index contributed by atoms with van der Waals surface area (Å²) in [5, 5.41) is 12.6. The molecule has 0 bridgehead atoms. The van der Waals surface area contributed by atoms with Crippen LogP contribution in [0.15, 0.2) is 24.3 Å². The van der Waals surface area contributed by atoms with Crippen molar-refractivity contribution in [3.63, 3.8) is 0 Å². The molecule has 0 radical (unpaired) electrons. The Morgan fingerprint density at radius 3 is 2.53 bits per heavy atom. The zero-order chi connectivity index (χ0) is 13.7. The zero-order valence-corrected chi connectivity index (χ0v) is 11.6. The first-order chi connectivity index (χ1) is 9.17. The first kappa shape index (κ1) is 14.3. The molecular weight excluding hydrogens is 264 g/mol. The number of aliphatic hydroxyl groups excluding tert-OH is 1. The van der Waals surface area contributed by atoms with Crippen molar-refractivity contribution >= 4 is 23.2 Å². The number of hydrogen-bond acceptors (Lipinski definition) is 3. The normalized spacial score (nSPS) is 17.4. The van der Waals surface area contributed by atoms with Crippen molar-refractivity contribution < 1.29 is 9.90 Å². The molecule has 0 unspecified atom stereocenters. The van der Waals surface area contributed by atoms with Crippen molar-refractivity contribution in [3.8, 4) is 0 Å². The van der Waals surface area contributed by atoms with Gasteiger partial charge < -0.3 is 10.4 Å². The summed E-state index contributed by atoms with van der Waals surface area (Å²) in [5.74, 6) is 0.389. The van der Waals surface area contributed by atoms with Crippen LogP contribution in [0.25, 0.3) is 0 Å². The predicted molar refractivity (Wildman–Crippen MR) is 76.3 cm³/mol. The fourth-order valence-corrected chi connectivity index (χ4v) is 2.39. The summed E-state index contributed by atoms with van der Waals surface area (Å²) in [4.78, 5) is 14.0. The van der Waals surface area contributed by atoms with Gasteiger partial charge in [-0.25, -0.2) is 0 Å². The highest BCUT2D eigenvalue weighted by Gasteiger charge is 2.20. The van der Waals surface area contributed by atoms with Crippen LogP contribution in [-0.2, 0) is 4.79 Å². The molecule has 2 N–H and O–H groups in total. The fraction of sp³-hybridized carbons (Fsp3) is 0.500. The molecule has 19 heavy (non-hydrogen) atoms. The lowest BCUT2D eigenvalue weighted by Crippen LogP contribution is -2.39. The number of aliphatic hydroxyl groups is 1. The third-order valence-electron chi connectivity index (χ3n) is 3.46. The highest BCUT2D eigenvalue weighted by molar-refractivity contribution is 6.30. The van der Waals surface area contributed by atoms with Crippen molar-refractivity contribution in [1.82, 2.24) is 4.90 Å². The third-order valence-corrected chi connectivity index (χ3v) is 3.71. The number of carbonyl (C=O) groups is 1. The van der Waals surface area contributed by atoms with Gasteiger partial charge in [-0.05, 0) is 56.1 Å². The second-order valence-electron chi connectivity index (χ2n) is 4.96. The van der Waals surface area contributed by atoms with Crippen LogP contribution in [0.4, 0.5) is 5.69 Å². The number of nitrogens with zero attached hydrogens (tertiary/aromatic N) is 1. The van der Waals surface area contributed by atoms with Crippen LogP contribution in [-0.4, -0.2) is 42.2 Å². The molecule has 1 aliphatic rings. The summed E-state index contributed by atoms with van der Waals surface area (Å²) in [6.07, 6.45) is 1.93. The Hall–Kier alpha value is -1.10. The minimum absolute atomic E-state index is 0.00947. The smallest absolute Gasteiger partial charge is 0.238 e. The summed E-state index contributed by atoms with van der Waals surface area (Å²) in [6, 6.07) is 7.09. The zero-order valence-electron chi connectivity index (χ0n) is 10.8. The highest BCUT2D eigenvalue weighted by Crippen LogP contribution is 2.17. The van der Waals surface area contributed by atoms with Crippen LogP contribution in [0.2, 0.25) is 5.02 Å². The number of hydrogen-bond donors (Lipinski definition) is 2. The molecule has 5 heteroatoms. The molecule has 1 heterocycles. The maximum Gasteiger partial charge on any atom is 0.238 e. The molecule has 104 valence electrons. The summed E-state index contributed by atoms with van der Waals surface area (Å²) in [5.41, 5.74) is 0.764. The van der Waals surface area contributed by atoms with Crippen LogP contribution in [0.1, 0.15) is 12.8 Å². The molecule has 1 fully saturated rings. The van der Waals surface area contributed by atoms with Gasteiger partial charge in [0.15, 0.2) is 0 Å². The first-order valence-electron chi connectivity index (χ1n) is 6.56. The lowest BCUT2D eigenvalue weighted by atomic mass is 9.98. The number of rotatable bonds is 4. The average molecular weight is 283 g/mol. The van der Waals surface area contributed by atoms with Gasteiger partial charge in [0.05, 0.1) is 6.54 Å². The molecule has 4 nitrogen and oxygen atoms in total. The van der Waals surface area contributed by atoms with Gasteiger partial charge in [0.1, 0.15) is 0 Å². The lowest BCUT2D eigenvalue weighted by molar-refractivity contribution is -0.117. The summed E-state index contributed by atoms with van der Waals surface area (Å²) >= 11 is 5.79. The van der Waals surface area contributed by atoms with E-state index in [2.05, 4.69) is 10.2 Å². The second-order valence-corrected chi connectivity index (χ2v) is 5.39. The summed E-state index contributed by atoms with van der Waals surface area (Å²) in [6.45, 7) is 2.41. The molecule has 0 saturated carbocycles. The number of benzene rings is 1. The van der Waals surface area contributed by atoms with Gasteiger partial charge in [-0.3, -0.25) is 9.69 Å². The monoisotopic (exact) mass is 282 g/mol. The van der Waals surface area contributed by atoms with E-state index in [4.69, 9.17) is 16.7 Å². The van der Waals surface area contributed by atoms with E-state index in [1.54, 1.807) is 24.3 Å². The topological polar surface area (TPSA) is 52.6 Å². The van der Waals surface area contributed by atoms with E-state index in [1.807, 2.05) is 0 Å². The Kier molecular flexibility index (Phi) is 5.19. The number of amides is 1. The van der Waals surface area contributed by atoms with Crippen molar-refractivity contribution in [3.05, 3.63) is 29.3 Å². The quantitative estimate of drug-likeness (QED) is 0.888. The number of piperidine rings is 1. The molecular formula is C14H19ClN2O2. The minimum Gasteiger partial charge on any atom is -0.396 e. The van der Waals surface area contributed by atoms with E-state index in [1.165, 1.54) is 0 Å². The Morgan fingerprint density at radius 2 is 1.95 bits per heavy atom. The van der Waals surface area contributed by atoms with E-state index >= 15 is 0 Å². The van der Waals surface area contributed by atoms with Crippen LogP contribution < -0.4 is 5.32 Å².